The molecule has 2 aliphatic heterocycles. The van der Waals surface area contributed by atoms with Crippen LogP contribution >= 0.6 is 0 Å². The van der Waals surface area contributed by atoms with E-state index in [0.29, 0.717) is 0 Å². The van der Waals surface area contributed by atoms with Crippen LogP contribution in [-0.4, -0.2) is 18.9 Å². The second kappa shape index (κ2) is 2.06. The number of hydrogen-bond acceptors (Lipinski definition) is 2. The molecule has 0 amide bonds. The first-order chi connectivity index (χ1) is 4.85. The maximum atomic E-state index is 10.7. The van der Waals surface area contributed by atoms with Gasteiger partial charge in [0.2, 0.25) is 0 Å². The highest BCUT2D eigenvalue weighted by Gasteiger charge is 2.39. The van der Waals surface area contributed by atoms with Gasteiger partial charge in [-0.3, -0.25) is 0 Å². The lowest BCUT2D eigenvalue weighted by Gasteiger charge is -2.43. The van der Waals surface area contributed by atoms with E-state index in [1.54, 1.807) is 0 Å². The van der Waals surface area contributed by atoms with Gasteiger partial charge in [-0.1, -0.05) is 0 Å². The van der Waals surface area contributed by atoms with Gasteiger partial charge in [0.05, 0.1) is 0 Å². The van der Waals surface area contributed by atoms with Gasteiger partial charge in [-0.25, -0.2) is 0 Å². The minimum atomic E-state index is 0.0365. The van der Waals surface area contributed by atoms with Crippen molar-refractivity contribution in [1.82, 2.24) is 5.32 Å². The van der Waals surface area contributed by atoms with Crippen LogP contribution in [0.3, 0.4) is 0 Å². The molecule has 56 valence electrons. The zero-order chi connectivity index (χ0) is 7.03. The van der Waals surface area contributed by atoms with Gasteiger partial charge in [-0.15, -0.1) is 0 Å². The third kappa shape index (κ3) is 0.788. The van der Waals surface area contributed by atoms with Crippen LogP contribution in [0.25, 0.3) is 0 Å². The van der Waals surface area contributed by atoms with Crippen LogP contribution in [0.4, 0.5) is 0 Å². The third-order valence-electron chi connectivity index (χ3n) is 2.97. The zero-order valence-corrected chi connectivity index (χ0v) is 6.10. The number of carbonyl (C=O) groups excluding carboxylic acids is 1. The predicted octanol–water partition coefficient (Wildman–Crippen LogP) is 0.718. The Balaban J connectivity index is 2.15. The number of aldehydes is 1. The second-order valence-corrected chi connectivity index (χ2v) is 3.64. The van der Waals surface area contributed by atoms with Gasteiger partial charge in [-0.2, -0.15) is 0 Å². The van der Waals surface area contributed by atoms with Crippen LogP contribution in [0, 0.1) is 5.41 Å². The summed E-state index contributed by atoms with van der Waals surface area (Å²) >= 11 is 0. The van der Waals surface area contributed by atoms with E-state index in [2.05, 4.69) is 5.32 Å². The summed E-state index contributed by atoms with van der Waals surface area (Å²) in [5.41, 5.74) is 0.0365. The minimum absolute atomic E-state index is 0.0365. The maximum absolute atomic E-state index is 10.7. The topological polar surface area (TPSA) is 29.1 Å². The van der Waals surface area contributed by atoms with Crippen molar-refractivity contribution >= 4 is 6.29 Å². The Bertz CT molecular complexity index is 134. The first-order valence-electron chi connectivity index (χ1n) is 4.04. The lowest BCUT2D eigenvalue weighted by Crippen LogP contribution is -2.52. The molecule has 2 heteroatoms. The summed E-state index contributed by atoms with van der Waals surface area (Å²) in [5, 5.41) is 3.38. The van der Waals surface area contributed by atoms with Crippen molar-refractivity contribution in [3.05, 3.63) is 0 Å². The first-order valence-corrected chi connectivity index (χ1v) is 4.04. The van der Waals surface area contributed by atoms with Gasteiger partial charge in [-0.05, 0) is 25.7 Å². The molecular formula is C8H13NO. The van der Waals surface area contributed by atoms with E-state index in [4.69, 9.17) is 0 Å². The highest BCUT2D eigenvalue weighted by atomic mass is 16.1. The molecular weight excluding hydrogens is 126 g/mol. The molecule has 0 atom stereocenters. The third-order valence-corrected chi connectivity index (χ3v) is 2.97. The van der Waals surface area contributed by atoms with Crippen molar-refractivity contribution in [2.45, 2.75) is 31.7 Å². The molecule has 3 aliphatic rings. The van der Waals surface area contributed by atoms with Crippen molar-refractivity contribution in [2.24, 2.45) is 5.41 Å². The second-order valence-electron chi connectivity index (χ2n) is 3.64. The number of piperidine rings is 2. The van der Waals surface area contributed by atoms with Gasteiger partial charge in [0.25, 0.3) is 0 Å². The smallest absolute Gasteiger partial charge is 0.127 e. The monoisotopic (exact) mass is 139 g/mol. The fourth-order valence-electron chi connectivity index (χ4n) is 2.08. The highest BCUT2D eigenvalue weighted by molar-refractivity contribution is 5.60. The van der Waals surface area contributed by atoms with Crippen molar-refractivity contribution in [2.75, 3.05) is 6.54 Å². The number of carbonyl (C=O) groups is 1. The summed E-state index contributed by atoms with van der Waals surface area (Å²) in [6.45, 7) is 0.932. The summed E-state index contributed by atoms with van der Waals surface area (Å²) in [5.74, 6) is 0. The van der Waals surface area contributed by atoms with Crippen molar-refractivity contribution in [3.8, 4) is 0 Å². The van der Waals surface area contributed by atoms with Crippen molar-refractivity contribution < 1.29 is 4.79 Å². The fraction of sp³-hybridized carbons (Fsp3) is 0.875. The Morgan fingerprint density at radius 1 is 1.40 bits per heavy atom. The maximum Gasteiger partial charge on any atom is 0.127 e. The predicted molar refractivity (Wildman–Crippen MR) is 38.8 cm³/mol. The largest absolute Gasteiger partial charge is 0.313 e. The van der Waals surface area contributed by atoms with Gasteiger partial charge in [0.1, 0.15) is 6.29 Å². The quantitative estimate of drug-likeness (QED) is 0.542. The normalized spacial score (nSPS) is 45.4. The summed E-state index contributed by atoms with van der Waals surface area (Å²) in [7, 11) is 0. The SMILES string of the molecule is O=CC12CCC(CC1)NC2. The Hall–Kier alpha value is -0.370. The molecule has 0 aromatic carbocycles. The average molecular weight is 139 g/mol. The van der Waals surface area contributed by atoms with Gasteiger partial charge >= 0.3 is 0 Å². The number of fused-ring (bicyclic) bond motifs is 3. The molecule has 0 aromatic rings. The molecule has 0 unspecified atom stereocenters. The van der Waals surface area contributed by atoms with Crippen LogP contribution in [0.2, 0.25) is 0 Å². The molecule has 2 saturated heterocycles. The molecule has 0 aromatic heterocycles. The van der Waals surface area contributed by atoms with Crippen LogP contribution in [-0.2, 0) is 4.79 Å². The molecule has 1 N–H and O–H groups in total. The lowest BCUT2D eigenvalue weighted by atomic mass is 9.70. The average Bonchev–Trinajstić information content (AvgIpc) is 2.08. The van der Waals surface area contributed by atoms with E-state index in [-0.39, 0.29) is 5.41 Å². The van der Waals surface area contributed by atoms with Crippen LogP contribution < -0.4 is 5.32 Å². The zero-order valence-electron chi connectivity index (χ0n) is 6.10. The number of nitrogens with one attached hydrogen (secondary N) is 1. The molecule has 2 heterocycles. The summed E-state index contributed by atoms with van der Waals surface area (Å²) < 4.78 is 0. The van der Waals surface area contributed by atoms with Crippen LogP contribution in [0.1, 0.15) is 25.7 Å². The Labute approximate surface area is 61.0 Å². The fourth-order valence-corrected chi connectivity index (χ4v) is 2.08. The van der Waals surface area contributed by atoms with Gasteiger partial charge in [0, 0.05) is 18.0 Å². The molecule has 1 aliphatic carbocycles. The van der Waals surface area contributed by atoms with Gasteiger partial charge in [0.15, 0.2) is 0 Å². The Morgan fingerprint density at radius 3 is 2.40 bits per heavy atom. The summed E-state index contributed by atoms with van der Waals surface area (Å²) in [4.78, 5) is 10.7. The molecule has 3 fully saturated rings. The van der Waals surface area contributed by atoms with E-state index < -0.39 is 0 Å². The summed E-state index contributed by atoms with van der Waals surface area (Å²) in [6.07, 6.45) is 5.81. The molecule has 1 saturated carbocycles. The molecule has 2 nitrogen and oxygen atoms in total. The minimum Gasteiger partial charge on any atom is -0.313 e. The van der Waals surface area contributed by atoms with Crippen molar-refractivity contribution in [3.63, 3.8) is 0 Å². The van der Waals surface area contributed by atoms with E-state index in [1.807, 2.05) is 0 Å². The van der Waals surface area contributed by atoms with E-state index in [9.17, 15) is 4.79 Å². The molecule has 0 radical (unpaired) electrons. The molecule has 10 heavy (non-hydrogen) atoms. The standard InChI is InChI=1S/C8H13NO/c10-6-8-3-1-7(2-4-8)9-5-8/h6-7,9H,1-5H2. The lowest BCUT2D eigenvalue weighted by molar-refractivity contribution is -0.119. The number of rotatable bonds is 1. The van der Waals surface area contributed by atoms with Crippen LogP contribution in [0.5, 0.6) is 0 Å². The summed E-state index contributed by atoms with van der Waals surface area (Å²) in [6, 6.07) is 0.724. The van der Waals surface area contributed by atoms with Gasteiger partial charge < -0.3 is 10.1 Å². The van der Waals surface area contributed by atoms with Crippen molar-refractivity contribution in [1.29, 1.82) is 0 Å². The van der Waals surface area contributed by atoms with E-state index >= 15 is 0 Å². The molecule has 3 rings (SSSR count). The van der Waals surface area contributed by atoms with Crippen LogP contribution in [0.15, 0.2) is 0 Å². The van der Waals surface area contributed by atoms with E-state index in [1.165, 1.54) is 12.8 Å². The molecule has 2 bridgehead atoms. The number of hydrogen-bond donors (Lipinski definition) is 1. The first kappa shape index (κ1) is 6.35. The Morgan fingerprint density at radius 2 is 2.10 bits per heavy atom. The highest BCUT2D eigenvalue weighted by Crippen LogP contribution is 2.38. The van der Waals surface area contributed by atoms with E-state index in [0.717, 1.165) is 31.7 Å². The Kier molecular flexibility index (Phi) is 1.31. The molecule has 0 spiro atoms.